The SMILES string of the molecule is CCN(CC)S(=O)(=O)c1cc(C(=O)Nc2cc([N+](=O)[O-])ccc2C)ccc1F. The van der Waals surface area contributed by atoms with Gasteiger partial charge in [-0.3, -0.25) is 14.9 Å². The average Bonchev–Trinajstić information content (AvgIpc) is 2.64. The van der Waals surface area contributed by atoms with Crippen LogP contribution in [0.15, 0.2) is 41.3 Å². The van der Waals surface area contributed by atoms with Gasteiger partial charge in [0.1, 0.15) is 10.7 Å². The van der Waals surface area contributed by atoms with Crippen LogP contribution in [0.2, 0.25) is 0 Å². The molecule has 0 fully saturated rings. The molecule has 0 atom stereocenters. The molecule has 0 spiro atoms. The number of sulfonamides is 1. The van der Waals surface area contributed by atoms with Gasteiger partial charge < -0.3 is 5.32 Å². The van der Waals surface area contributed by atoms with E-state index in [9.17, 15) is 27.7 Å². The summed E-state index contributed by atoms with van der Waals surface area (Å²) in [6.07, 6.45) is 0. The molecule has 10 heteroatoms. The molecule has 0 saturated heterocycles. The molecule has 0 aliphatic rings. The number of halogens is 1. The van der Waals surface area contributed by atoms with Crippen LogP contribution in [0, 0.1) is 22.9 Å². The molecule has 28 heavy (non-hydrogen) atoms. The van der Waals surface area contributed by atoms with Crippen LogP contribution in [0.3, 0.4) is 0 Å². The maximum absolute atomic E-state index is 14.2. The van der Waals surface area contributed by atoms with E-state index in [0.29, 0.717) is 5.56 Å². The maximum Gasteiger partial charge on any atom is 0.271 e. The molecular formula is C18H20FN3O5S. The lowest BCUT2D eigenvalue weighted by molar-refractivity contribution is -0.384. The fraction of sp³-hybridized carbons (Fsp3) is 0.278. The van der Waals surface area contributed by atoms with Crippen LogP contribution in [0.5, 0.6) is 0 Å². The minimum Gasteiger partial charge on any atom is -0.321 e. The Balaban J connectivity index is 2.41. The van der Waals surface area contributed by atoms with Crippen molar-refractivity contribution in [1.29, 1.82) is 0 Å². The molecule has 150 valence electrons. The molecule has 0 saturated carbocycles. The van der Waals surface area contributed by atoms with E-state index in [4.69, 9.17) is 0 Å². The Bertz CT molecular complexity index is 1020. The van der Waals surface area contributed by atoms with Crippen LogP contribution < -0.4 is 5.32 Å². The molecule has 2 aromatic rings. The molecular weight excluding hydrogens is 389 g/mol. The summed E-state index contributed by atoms with van der Waals surface area (Å²) in [7, 11) is -4.10. The van der Waals surface area contributed by atoms with E-state index >= 15 is 0 Å². The van der Waals surface area contributed by atoms with Crippen molar-refractivity contribution >= 4 is 27.3 Å². The summed E-state index contributed by atoms with van der Waals surface area (Å²) < 4.78 is 40.5. The average molecular weight is 409 g/mol. The number of hydrogen-bond acceptors (Lipinski definition) is 5. The monoisotopic (exact) mass is 409 g/mol. The highest BCUT2D eigenvalue weighted by molar-refractivity contribution is 7.89. The van der Waals surface area contributed by atoms with Crippen molar-refractivity contribution in [2.45, 2.75) is 25.7 Å². The number of anilines is 1. The van der Waals surface area contributed by atoms with Gasteiger partial charge in [0.15, 0.2) is 0 Å². The molecule has 8 nitrogen and oxygen atoms in total. The Kier molecular flexibility index (Phi) is 6.47. The molecule has 2 aromatic carbocycles. The van der Waals surface area contributed by atoms with E-state index < -0.39 is 31.6 Å². The molecule has 0 unspecified atom stereocenters. The summed E-state index contributed by atoms with van der Waals surface area (Å²) in [5, 5.41) is 13.4. The first-order valence-corrected chi connectivity index (χ1v) is 9.91. The van der Waals surface area contributed by atoms with E-state index in [-0.39, 0.29) is 30.0 Å². The second kappa shape index (κ2) is 8.44. The van der Waals surface area contributed by atoms with Crippen molar-refractivity contribution in [1.82, 2.24) is 4.31 Å². The van der Waals surface area contributed by atoms with Gasteiger partial charge in [0, 0.05) is 30.8 Å². The van der Waals surface area contributed by atoms with Gasteiger partial charge in [-0.15, -0.1) is 0 Å². The summed E-state index contributed by atoms with van der Waals surface area (Å²) >= 11 is 0. The Morgan fingerprint density at radius 1 is 1.18 bits per heavy atom. The van der Waals surface area contributed by atoms with Gasteiger partial charge in [0.05, 0.1) is 10.6 Å². The van der Waals surface area contributed by atoms with Crippen molar-refractivity contribution in [2.75, 3.05) is 18.4 Å². The summed E-state index contributed by atoms with van der Waals surface area (Å²) in [5.41, 5.74) is 0.497. The molecule has 2 rings (SSSR count). The van der Waals surface area contributed by atoms with Crippen molar-refractivity contribution < 1.29 is 22.5 Å². The minimum absolute atomic E-state index is 0.0852. The molecule has 0 heterocycles. The first-order chi connectivity index (χ1) is 13.1. The van der Waals surface area contributed by atoms with Crippen LogP contribution >= 0.6 is 0 Å². The summed E-state index contributed by atoms with van der Waals surface area (Å²) in [6, 6.07) is 7.01. The van der Waals surface area contributed by atoms with E-state index in [1.54, 1.807) is 20.8 Å². The number of nitrogens with zero attached hydrogens (tertiary/aromatic N) is 2. The number of benzene rings is 2. The fourth-order valence-electron chi connectivity index (χ4n) is 2.60. The molecule has 0 aliphatic carbocycles. The van der Waals surface area contributed by atoms with Gasteiger partial charge >= 0.3 is 0 Å². The lowest BCUT2D eigenvalue weighted by Gasteiger charge is -2.19. The van der Waals surface area contributed by atoms with Crippen LogP contribution in [0.25, 0.3) is 0 Å². The van der Waals surface area contributed by atoms with Gasteiger partial charge in [0.25, 0.3) is 11.6 Å². The number of nitro benzene ring substituents is 1. The molecule has 0 bridgehead atoms. The van der Waals surface area contributed by atoms with Crippen LogP contribution in [0.1, 0.15) is 29.8 Å². The quantitative estimate of drug-likeness (QED) is 0.557. The molecule has 1 N–H and O–H groups in total. The fourth-order valence-corrected chi connectivity index (χ4v) is 4.15. The van der Waals surface area contributed by atoms with Crippen LogP contribution in [-0.4, -0.2) is 36.6 Å². The Morgan fingerprint density at radius 2 is 1.82 bits per heavy atom. The highest BCUT2D eigenvalue weighted by atomic mass is 32.2. The van der Waals surface area contributed by atoms with Crippen molar-refractivity contribution in [3.8, 4) is 0 Å². The van der Waals surface area contributed by atoms with Gasteiger partial charge in [-0.05, 0) is 30.7 Å². The Morgan fingerprint density at radius 3 is 2.39 bits per heavy atom. The van der Waals surface area contributed by atoms with Crippen LogP contribution in [0.4, 0.5) is 15.8 Å². The second-order valence-corrected chi connectivity index (χ2v) is 7.85. The Labute approximate surface area is 162 Å². The smallest absolute Gasteiger partial charge is 0.271 e. The summed E-state index contributed by atoms with van der Waals surface area (Å²) in [5.74, 6) is -1.67. The molecule has 0 radical (unpaired) electrons. The van der Waals surface area contributed by atoms with Gasteiger partial charge in [-0.1, -0.05) is 19.9 Å². The van der Waals surface area contributed by atoms with E-state index in [1.807, 2.05) is 0 Å². The number of carbonyl (C=O) groups excluding carboxylic acids is 1. The number of carbonyl (C=O) groups is 1. The molecule has 0 aliphatic heterocycles. The highest BCUT2D eigenvalue weighted by Crippen LogP contribution is 2.24. The number of aryl methyl sites for hydroxylation is 1. The lowest BCUT2D eigenvalue weighted by atomic mass is 10.1. The number of hydrogen-bond donors (Lipinski definition) is 1. The van der Waals surface area contributed by atoms with Crippen LogP contribution in [-0.2, 0) is 10.0 Å². The highest BCUT2D eigenvalue weighted by Gasteiger charge is 2.26. The third-order valence-corrected chi connectivity index (χ3v) is 6.26. The Hall–Kier alpha value is -2.85. The number of rotatable bonds is 7. The minimum atomic E-state index is -4.10. The number of nitrogens with one attached hydrogen (secondary N) is 1. The first kappa shape index (κ1) is 21.5. The molecule has 1 amide bonds. The topological polar surface area (TPSA) is 110 Å². The van der Waals surface area contributed by atoms with Crippen molar-refractivity contribution in [3.05, 3.63) is 63.5 Å². The van der Waals surface area contributed by atoms with Crippen molar-refractivity contribution in [2.24, 2.45) is 0 Å². The second-order valence-electron chi connectivity index (χ2n) is 5.94. The zero-order valence-electron chi connectivity index (χ0n) is 15.6. The van der Waals surface area contributed by atoms with Gasteiger partial charge in [-0.2, -0.15) is 4.31 Å². The lowest BCUT2D eigenvalue weighted by Crippen LogP contribution is -2.31. The zero-order chi connectivity index (χ0) is 21.1. The van der Waals surface area contributed by atoms with Crippen molar-refractivity contribution in [3.63, 3.8) is 0 Å². The number of non-ortho nitro benzene ring substituents is 1. The third kappa shape index (κ3) is 4.34. The van der Waals surface area contributed by atoms with E-state index in [1.165, 1.54) is 18.2 Å². The normalized spacial score (nSPS) is 11.5. The van der Waals surface area contributed by atoms with Gasteiger partial charge in [0.2, 0.25) is 10.0 Å². The molecule has 0 aromatic heterocycles. The predicted octanol–water partition coefficient (Wildman–Crippen LogP) is 3.33. The van der Waals surface area contributed by atoms with E-state index in [0.717, 1.165) is 22.5 Å². The van der Waals surface area contributed by atoms with E-state index in [2.05, 4.69) is 5.32 Å². The zero-order valence-corrected chi connectivity index (χ0v) is 16.4. The summed E-state index contributed by atoms with van der Waals surface area (Å²) in [4.78, 5) is 22.3. The third-order valence-electron chi connectivity index (χ3n) is 4.20. The number of amides is 1. The predicted molar refractivity (Wildman–Crippen MR) is 102 cm³/mol. The maximum atomic E-state index is 14.2. The van der Waals surface area contributed by atoms with Gasteiger partial charge in [-0.25, -0.2) is 12.8 Å². The summed E-state index contributed by atoms with van der Waals surface area (Å²) in [6.45, 7) is 5.21. The number of nitro groups is 1. The largest absolute Gasteiger partial charge is 0.321 e. The first-order valence-electron chi connectivity index (χ1n) is 8.47. The standard InChI is InChI=1S/C18H20FN3O5S/c1-4-21(5-2)28(26,27)17-10-13(7-9-15(17)19)18(23)20-16-11-14(22(24)25)8-6-12(16)3/h6-11H,4-5H2,1-3H3,(H,20,23).